The Kier molecular flexibility index (Phi) is 4.06. The average Bonchev–Trinajstić information content (AvgIpc) is 2.72. The van der Waals surface area contributed by atoms with Crippen molar-refractivity contribution in [2.75, 3.05) is 6.54 Å². The summed E-state index contributed by atoms with van der Waals surface area (Å²) < 4.78 is 4.86. The minimum absolute atomic E-state index is 0.229. The topological polar surface area (TPSA) is 81.1 Å². The number of hydrogen-bond acceptors (Lipinski definition) is 4. The Balaban J connectivity index is 2.53. The molecule has 0 aliphatic heterocycles. The molecule has 5 heteroatoms. The molecule has 0 saturated carbocycles. The lowest BCUT2D eigenvalue weighted by molar-refractivity contribution is 0.0905. The minimum atomic E-state index is -0.343. The minimum Gasteiger partial charge on any atom is -0.351 e. The van der Waals surface area contributed by atoms with E-state index < -0.39 is 0 Å². The smallest absolute Gasteiger partial charge is 0.289 e. The number of hydrogen-bond donors (Lipinski definition) is 2. The van der Waals surface area contributed by atoms with Crippen molar-refractivity contribution in [3.05, 3.63) is 17.5 Å². The molecular formula is C11H19N3O2. The van der Waals surface area contributed by atoms with Crippen LogP contribution in [-0.4, -0.2) is 23.1 Å². The first kappa shape index (κ1) is 12.7. The largest absolute Gasteiger partial charge is 0.351 e. The lowest BCUT2D eigenvalue weighted by Crippen LogP contribution is -2.49. The average molecular weight is 225 g/mol. The van der Waals surface area contributed by atoms with Crippen molar-refractivity contribution in [3.63, 3.8) is 0 Å². The monoisotopic (exact) mass is 225 g/mol. The third kappa shape index (κ3) is 3.06. The van der Waals surface area contributed by atoms with Crippen LogP contribution in [0, 0.1) is 6.92 Å². The van der Waals surface area contributed by atoms with Gasteiger partial charge in [-0.2, -0.15) is 0 Å². The van der Waals surface area contributed by atoms with Gasteiger partial charge in [0.05, 0.1) is 5.69 Å². The highest BCUT2D eigenvalue weighted by Gasteiger charge is 2.22. The van der Waals surface area contributed by atoms with Gasteiger partial charge in [0.1, 0.15) is 0 Å². The van der Waals surface area contributed by atoms with Crippen LogP contribution in [0.25, 0.3) is 0 Å². The lowest BCUT2D eigenvalue weighted by Gasteiger charge is -2.26. The quantitative estimate of drug-likeness (QED) is 0.789. The molecule has 0 spiro atoms. The molecule has 0 aromatic carbocycles. The van der Waals surface area contributed by atoms with Crippen molar-refractivity contribution in [1.82, 2.24) is 10.5 Å². The van der Waals surface area contributed by atoms with E-state index in [1.54, 1.807) is 13.0 Å². The standard InChI is InChI=1S/C11H19N3O2/c1-4-11(12,5-2)7-13-10(15)9-6-8(3)14-16-9/h6H,4-5,7,12H2,1-3H3,(H,13,15). The Morgan fingerprint density at radius 3 is 2.62 bits per heavy atom. The summed E-state index contributed by atoms with van der Waals surface area (Å²) in [6.45, 7) is 6.23. The molecule has 1 aromatic heterocycles. The summed E-state index contributed by atoms with van der Waals surface area (Å²) in [4.78, 5) is 11.6. The molecular weight excluding hydrogens is 206 g/mol. The second-order valence-electron chi connectivity index (χ2n) is 4.08. The molecule has 1 aromatic rings. The van der Waals surface area contributed by atoms with E-state index in [4.69, 9.17) is 10.3 Å². The maximum atomic E-state index is 11.6. The van der Waals surface area contributed by atoms with Crippen molar-refractivity contribution in [2.45, 2.75) is 39.2 Å². The van der Waals surface area contributed by atoms with E-state index in [0.717, 1.165) is 12.8 Å². The van der Waals surface area contributed by atoms with Crippen molar-refractivity contribution in [1.29, 1.82) is 0 Å². The number of carbonyl (C=O) groups excluding carboxylic acids is 1. The van der Waals surface area contributed by atoms with Crippen molar-refractivity contribution >= 4 is 5.91 Å². The Morgan fingerprint density at radius 2 is 2.19 bits per heavy atom. The Labute approximate surface area is 95.4 Å². The zero-order valence-electron chi connectivity index (χ0n) is 10.0. The van der Waals surface area contributed by atoms with Crippen molar-refractivity contribution < 1.29 is 9.32 Å². The lowest BCUT2D eigenvalue weighted by atomic mass is 9.94. The molecule has 0 radical (unpaired) electrons. The van der Waals surface area contributed by atoms with E-state index in [2.05, 4.69) is 10.5 Å². The van der Waals surface area contributed by atoms with Gasteiger partial charge in [0.2, 0.25) is 5.76 Å². The molecule has 1 amide bonds. The van der Waals surface area contributed by atoms with E-state index in [9.17, 15) is 4.79 Å². The zero-order chi connectivity index (χ0) is 12.2. The molecule has 0 fully saturated rings. The molecule has 0 bridgehead atoms. The number of nitrogens with one attached hydrogen (secondary N) is 1. The van der Waals surface area contributed by atoms with Crippen LogP contribution in [0.15, 0.2) is 10.6 Å². The Hall–Kier alpha value is -1.36. The van der Waals surface area contributed by atoms with Gasteiger partial charge in [-0.15, -0.1) is 0 Å². The maximum absolute atomic E-state index is 11.6. The van der Waals surface area contributed by atoms with E-state index >= 15 is 0 Å². The molecule has 0 aliphatic rings. The van der Waals surface area contributed by atoms with Gasteiger partial charge in [0, 0.05) is 18.2 Å². The molecule has 90 valence electrons. The molecule has 3 N–H and O–H groups in total. The third-order valence-electron chi connectivity index (χ3n) is 2.86. The highest BCUT2D eigenvalue weighted by atomic mass is 16.5. The molecule has 5 nitrogen and oxygen atoms in total. The van der Waals surface area contributed by atoms with Crippen LogP contribution in [0.4, 0.5) is 0 Å². The second-order valence-corrected chi connectivity index (χ2v) is 4.08. The van der Waals surface area contributed by atoms with Crippen LogP contribution in [0.2, 0.25) is 0 Å². The summed E-state index contributed by atoms with van der Waals surface area (Å²) in [6.07, 6.45) is 1.64. The van der Waals surface area contributed by atoms with Crippen LogP contribution < -0.4 is 11.1 Å². The number of carbonyl (C=O) groups is 1. The molecule has 0 aliphatic carbocycles. The van der Waals surface area contributed by atoms with E-state index in [1.165, 1.54) is 0 Å². The SMILES string of the molecule is CCC(N)(CC)CNC(=O)c1cc(C)no1. The maximum Gasteiger partial charge on any atom is 0.289 e. The summed E-state index contributed by atoms with van der Waals surface area (Å²) in [6, 6.07) is 1.60. The first-order valence-corrected chi connectivity index (χ1v) is 5.51. The predicted octanol–water partition coefficient (Wildman–Crippen LogP) is 1.23. The van der Waals surface area contributed by atoms with Crippen LogP contribution in [0.5, 0.6) is 0 Å². The second kappa shape index (κ2) is 5.12. The molecule has 1 heterocycles. The van der Waals surface area contributed by atoms with Gasteiger partial charge in [-0.3, -0.25) is 4.79 Å². The number of aromatic nitrogens is 1. The van der Waals surface area contributed by atoms with Gasteiger partial charge in [-0.05, 0) is 19.8 Å². The van der Waals surface area contributed by atoms with Gasteiger partial charge < -0.3 is 15.6 Å². The molecule has 16 heavy (non-hydrogen) atoms. The first-order valence-electron chi connectivity index (χ1n) is 5.51. The van der Waals surface area contributed by atoms with Crippen molar-refractivity contribution in [2.24, 2.45) is 5.73 Å². The summed E-state index contributed by atoms with van der Waals surface area (Å²) in [5.74, 6) is -0.0376. The number of rotatable bonds is 5. The van der Waals surface area contributed by atoms with Gasteiger partial charge in [0.15, 0.2) is 0 Å². The number of aryl methyl sites for hydroxylation is 1. The fourth-order valence-electron chi connectivity index (χ4n) is 1.31. The Morgan fingerprint density at radius 1 is 1.56 bits per heavy atom. The van der Waals surface area contributed by atoms with Crippen molar-refractivity contribution in [3.8, 4) is 0 Å². The fraction of sp³-hybridized carbons (Fsp3) is 0.636. The predicted molar refractivity (Wildman–Crippen MR) is 61.1 cm³/mol. The van der Waals surface area contributed by atoms with Gasteiger partial charge in [-0.25, -0.2) is 0 Å². The van der Waals surface area contributed by atoms with Gasteiger partial charge in [-0.1, -0.05) is 19.0 Å². The van der Waals surface area contributed by atoms with Crippen LogP contribution >= 0.6 is 0 Å². The summed E-state index contributed by atoms with van der Waals surface area (Å²) in [5, 5.41) is 6.41. The summed E-state index contributed by atoms with van der Waals surface area (Å²) >= 11 is 0. The molecule has 0 atom stereocenters. The van der Waals surface area contributed by atoms with Crippen LogP contribution in [-0.2, 0) is 0 Å². The normalized spacial score (nSPS) is 11.5. The first-order chi connectivity index (χ1) is 7.50. The number of nitrogens with two attached hydrogens (primary N) is 1. The van der Waals surface area contributed by atoms with Crippen LogP contribution in [0.3, 0.4) is 0 Å². The molecule has 0 unspecified atom stereocenters. The van der Waals surface area contributed by atoms with Gasteiger partial charge >= 0.3 is 0 Å². The molecule has 0 saturated heterocycles. The zero-order valence-corrected chi connectivity index (χ0v) is 10.0. The highest BCUT2D eigenvalue weighted by molar-refractivity contribution is 5.91. The van der Waals surface area contributed by atoms with E-state index in [1.807, 2.05) is 13.8 Å². The number of amides is 1. The van der Waals surface area contributed by atoms with E-state index in [0.29, 0.717) is 12.2 Å². The summed E-state index contributed by atoms with van der Waals surface area (Å²) in [7, 11) is 0. The Bertz CT molecular complexity index is 356. The van der Waals surface area contributed by atoms with Gasteiger partial charge in [0.25, 0.3) is 5.91 Å². The summed E-state index contributed by atoms with van der Waals surface area (Å²) in [5.41, 5.74) is 6.41. The van der Waals surface area contributed by atoms with Crippen LogP contribution in [0.1, 0.15) is 42.9 Å². The van der Waals surface area contributed by atoms with E-state index in [-0.39, 0.29) is 17.2 Å². The fourth-order valence-corrected chi connectivity index (χ4v) is 1.31. The highest BCUT2D eigenvalue weighted by Crippen LogP contribution is 2.10. The third-order valence-corrected chi connectivity index (χ3v) is 2.86. The number of nitrogens with zero attached hydrogens (tertiary/aromatic N) is 1. The molecule has 1 rings (SSSR count).